The SMILES string of the molecule is CC(C)(C)Cc1cbccc1COC(=O)C(C)(C)C. The van der Waals surface area contributed by atoms with Gasteiger partial charge < -0.3 is 0 Å². The van der Waals surface area contributed by atoms with E-state index in [4.69, 9.17) is 4.74 Å². The Hall–Kier alpha value is -1.12. The van der Waals surface area contributed by atoms with Gasteiger partial charge in [0.25, 0.3) is 0 Å². The van der Waals surface area contributed by atoms with E-state index < -0.39 is 5.41 Å². The van der Waals surface area contributed by atoms with Crippen molar-refractivity contribution < 1.29 is 9.53 Å². The summed E-state index contributed by atoms with van der Waals surface area (Å²) in [7, 11) is 0. The van der Waals surface area contributed by atoms with Gasteiger partial charge in [0.2, 0.25) is 0 Å². The molecule has 0 amide bonds. The molecule has 0 aliphatic carbocycles. The van der Waals surface area contributed by atoms with E-state index >= 15 is 0 Å². The first-order chi connectivity index (χ1) is 8.59. The molecule has 0 spiro atoms. The molecule has 0 radical (unpaired) electrons. The normalized spacial score (nSPS) is 12.1. The van der Waals surface area contributed by atoms with Gasteiger partial charge in [-0.15, -0.1) is 0 Å². The fraction of sp³-hybridized carbons (Fsp3) is 0.625. The van der Waals surface area contributed by atoms with Gasteiger partial charge in [0.1, 0.15) is 0 Å². The molecule has 1 aromatic rings. The quantitative estimate of drug-likeness (QED) is 0.774. The molecule has 2 nitrogen and oxygen atoms in total. The molecule has 1 heterocycles. The van der Waals surface area contributed by atoms with Crippen LogP contribution in [-0.4, -0.2) is 12.9 Å². The summed E-state index contributed by atoms with van der Waals surface area (Å²) in [6.07, 6.45) is 0.982. The predicted octanol–water partition coefficient (Wildman–Crippen LogP) is 3.70. The maximum atomic E-state index is 11.8. The van der Waals surface area contributed by atoms with Crippen LogP contribution in [0.1, 0.15) is 52.7 Å². The molecule has 0 saturated carbocycles. The van der Waals surface area contributed by atoms with E-state index in [2.05, 4.69) is 26.7 Å². The average Bonchev–Trinajstić information content (AvgIpc) is 2.24. The van der Waals surface area contributed by atoms with Crippen LogP contribution in [0.3, 0.4) is 0 Å². The van der Waals surface area contributed by atoms with Crippen LogP contribution in [0.15, 0.2) is 18.0 Å². The maximum absolute atomic E-state index is 11.8. The molecule has 0 unspecified atom stereocenters. The van der Waals surface area contributed by atoms with Crippen LogP contribution in [-0.2, 0) is 22.6 Å². The summed E-state index contributed by atoms with van der Waals surface area (Å²) in [5.41, 5.74) is 2.15. The number of hydrogen-bond donors (Lipinski definition) is 0. The molecule has 0 aliphatic heterocycles. The van der Waals surface area contributed by atoms with Gasteiger partial charge in [0.05, 0.1) is 0 Å². The molecule has 1 rings (SSSR count). The van der Waals surface area contributed by atoms with E-state index in [0.717, 1.165) is 12.0 Å². The summed E-state index contributed by atoms with van der Waals surface area (Å²) in [5.74, 6) is 3.95. The molecule has 3 heteroatoms. The molecule has 0 aromatic carbocycles. The number of rotatable bonds is 3. The Morgan fingerprint density at radius 3 is 2.32 bits per heavy atom. The number of carbonyl (C=O) groups excluding carboxylic acids is 1. The second kappa shape index (κ2) is 5.89. The Labute approximate surface area is 117 Å². The van der Waals surface area contributed by atoms with Crippen LogP contribution in [0.25, 0.3) is 0 Å². The summed E-state index contributed by atoms with van der Waals surface area (Å²) < 4.78 is 5.41. The zero-order chi connectivity index (χ0) is 14.7. The minimum atomic E-state index is -0.445. The minimum absolute atomic E-state index is 0.155. The van der Waals surface area contributed by atoms with Crippen molar-refractivity contribution >= 4 is 12.9 Å². The van der Waals surface area contributed by atoms with E-state index in [1.54, 1.807) is 0 Å². The first kappa shape index (κ1) is 15.9. The van der Waals surface area contributed by atoms with Crippen LogP contribution in [0.2, 0.25) is 0 Å². The van der Waals surface area contributed by atoms with E-state index in [0.29, 0.717) is 6.61 Å². The molecular weight excluding hydrogens is 235 g/mol. The van der Waals surface area contributed by atoms with Crippen LogP contribution >= 0.6 is 0 Å². The van der Waals surface area contributed by atoms with E-state index in [1.165, 1.54) is 5.56 Å². The van der Waals surface area contributed by atoms with Gasteiger partial charge in [-0.05, 0) is 0 Å². The van der Waals surface area contributed by atoms with Crippen molar-refractivity contribution in [2.24, 2.45) is 10.8 Å². The van der Waals surface area contributed by atoms with E-state index in [9.17, 15) is 4.79 Å². The number of esters is 1. The number of ether oxygens (including phenoxy) is 1. The van der Waals surface area contributed by atoms with Crippen LogP contribution in [0.4, 0.5) is 0 Å². The Balaban J connectivity index is 2.77. The number of hydrogen-bond acceptors (Lipinski definition) is 2. The average molecular weight is 260 g/mol. The van der Waals surface area contributed by atoms with Crippen molar-refractivity contribution in [3.05, 3.63) is 29.1 Å². The third-order valence-corrected chi connectivity index (χ3v) is 2.81. The molecule has 104 valence electrons. The Bertz CT molecular complexity index is 439. The standard InChI is InChI=1S/C16H25BO2/c1-15(2,3)9-13-10-17-8-7-12(13)11-19-14(18)16(4,5)6/h7-8,10H,9,11H2,1-6H3. The summed E-state index contributed by atoms with van der Waals surface area (Å²) >= 11 is 0. The molecule has 0 atom stereocenters. The Morgan fingerprint density at radius 2 is 1.79 bits per heavy atom. The summed E-state index contributed by atoms with van der Waals surface area (Å²) in [4.78, 5) is 11.8. The van der Waals surface area contributed by atoms with Gasteiger partial charge in [-0.2, -0.15) is 0 Å². The topological polar surface area (TPSA) is 26.3 Å². The molecule has 1 aromatic heterocycles. The molecule has 0 bridgehead atoms. The van der Waals surface area contributed by atoms with Crippen molar-refractivity contribution in [3.63, 3.8) is 0 Å². The van der Waals surface area contributed by atoms with Crippen molar-refractivity contribution in [3.8, 4) is 0 Å². The fourth-order valence-corrected chi connectivity index (χ4v) is 1.80. The van der Waals surface area contributed by atoms with Gasteiger partial charge >= 0.3 is 117 Å². The van der Waals surface area contributed by atoms with Gasteiger partial charge in [-0.3, -0.25) is 0 Å². The van der Waals surface area contributed by atoms with Crippen LogP contribution in [0, 0.1) is 10.8 Å². The molecule has 0 saturated heterocycles. The summed E-state index contributed by atoms with van der Waals surface area (Å²) in [5, 5.41) is 0. The third kappa shape index (κ3) is 5.58. The van der Waals surface area contributed by atoms with Crippen molar-refractivity contribution in [2.45, 2.75) is 54.6 Å². The van der Waals surface area contributed by atoms with Crippen molar-refractivity contribution in [2.75, 3.05) is 0 Å². The molecule has 0 aliphatic rings. The third-order valence-electron chi connectivity index (χ3n) is 2.81. The first-order valence-electron chi connectivity index (χ1n) is 6.83. The molecule has 0 fully saturated rings. The van der Waals surface area contributed by atoms with E-state index in [1.807, 2.05) is 39.7 Å². The first-order valence-corrected chi connectivity index (χ1v) is 6.83. The fourth-order valence-electron chi connectivity index (χ4n) is 1.80. The van der Waals surface area contributed by atoms with Crippen molar-refractivity contribution in [1.82, 2.24) is 0 Å². The predicted molar refractivity (Wildman–Crippen MR) is 80.2 cm³/mol. The second-order valence-electron chi connectivity index (χ2n) is 7.33. The van der Waals surface area contributed by atoms with Gasteiger partial charge in [0.15, 0.2) is 0 Å². The Kier molecular flexibility index (Phi) is 4.95. The van der Waals surface area contributed by atoms with Crippen molar-refractivity contribution in [1.29, 1.82) is 0 Å². The monoisotopic (exact) mass is 260 g/mol. The van der Waals surface area contributed by atoms with Gasteiger partial charge in [-0.25, -0.2) is 0 Å². The van der Waals surface area contributed by atoms with Gasteiger partial charge in [-0.1, -0.05) is 0 Å². The van der Waals surface area contributed by atoms with Gasteiger partial charge in [0, 0.05) is 0 Å². The summed E-state index contributed by atoms with van der Waals surface area (Å²) in [6, 6.07) is 2.04. The second-order valence-corrected chi connectivity index (χ2v) is 7.33. The molecule has 0 N–H and O–H groups in total. The van der Waals surface area contributed by atoms with Crippen LogP contribution in [0.5, 0.6) is 0 Å². The zero-order valence-electron chi connectivity index (χ0n) is 13.0. The van der Waals surface area contributed by atoms with E-state index in [-0.39, 0.29) is 11.4 Å². The molecule has 19 heavy (non-hydrogen) atoms. The Morgan fingerprint density at radius 1 is 1.16 bits per heavy atom. The molecular formula is C16H25BO2. The zero-order valence-corrected chi connectivity index (χ0v) is 13.0. The van der Waals surface area contributed by atoms with Crippen LogP contribution < -0.4 is 0 Å². The number of carbonyl (C=O) groups is 1. The summed E-state index contributed by atoms with van der Waals surface area (Å²) in [6.45, 7) is 14.7.